The van der Waals surface area contributed by atoms with E-state index in [1.165, 1.54) is 66.4 Å². The second-order valence-corrected chi connectivity index (χ2v) is 16.1. The van der Waals surface area contributed by atoms with Gasteiger partial charge >= 0.3 is 0 Å². The van der Waals surface area contributed by atoms with Gasteiger partial charge in [0, 0.05) is 34.1 Å². The standard InChI is InChI=1S/C59H40N2/c1-4-16-41(17-5-1)42-28-31-46(32-29-42)61(48-35-33-47(34-36-48)60(44-19-6-2-7-20-44)45-21-8-3-9-22-45)49-37-39-53-51-24-12-14-26-55(51)59(57(53)40-49)56-27-15-13-25-52(56)54-38-30-43-18-10-11-23-50(43)58(54)59/h1-40H. The molecule has 286 valence electrons. The highest BCUT2D eigenvalue weighted by Crippen LogP contribution is 2.64. The van der Waals surface area contributed by atoms with Crippen molar-refractivity contribution in [3.63, 3.8) is 0 Å². The summed E-state index contributed by atoms with van der Waals surface area (Å²) in [6.45, 7) is 0. The number of anilines is 6. The average Bonchev–Trinajstić information content (AvgIpc) is 3.81. The lowest BCUT2D eigenvalue weighted by atomic mass is 9.69. The summed E-state index contributed by atoms with van der Waals surface area (Å²) in [4.78, 5) is 4.74. The van der Waals surface area contributed by atoms with Crippen LogP contribution < -0.4 is 9.80 Å². The van der Waals surface area contributed by atoms with Crippen LogP contribution in [0, 0.1) is 0 Å². The monoisotopic (exact) mass is 776 g/mol. The minimum absolute atomic E-state index is 0.493. The molecule has 10 aromatic carbocycles. The van der Waals surface area contributed by atoms with Crippen LogP contribution in [0.2, 0.25) is 0 Å². The van der Waals surface area contributed by atoms with Crippen LogP contribution in [-0.2, 0) is 5.41 Å². The number of fused-ring (bicyclic) bond motifs is 12. The number of hydrogen-bond donors (Lipinski definition) is 0. The molecule has 2 heteroatoms. The van der Waals surface area contributed by atoms with Crippen LogP contribution in [0.3, 0.4) is 0 Å². The molecule has 61 heavy (non-hydrogen) atoms. The molecule has 0 N–H and O–H groups in total. The van der Waals surface area contributed by atoms with Crippen molar-refractivity contribution in [1.29, 1.82) is 0 Å². The van der Waals surface area contributed by atoms with Crippen LogP contribution in [0.15, 0.2) is 243 Å². The fourth-order valence-electron chi connectivity index (χ4n) is 10.3. The molecule has 12 rings (SSSR count). The fraction of sp³-hybridized carbons (Fsp3) is 0.0169. The van der Waals surface area contributed by atoms with E-state index in [2.05, 4.69) is 252 Å². The Bertz CT molecular complexity index is 3180. The molecule has 1 unspecified atom stereocenters. The van der Waals surface area contributed by atoms with Gasteiger partial charge in [-0.25, -0.2) is 0 Å². The maximum atomic E-state index is 2.49. The van der Waals surface area contributed by atoms with Gasteiger partial charge in [0.25, 0.3) is 0 Å². The first-order valence-electron chi connectivity index (χ1n) is 21.1. The van der Waals surface area contributed by atoms with Crippen LogP contribution in [-0.4, -0.2) is 0 Å². The van der Waals surface area contributed by atoms with E-state index < -0.39 is 5.41 Å². The van der Waals surface area contributed by atoms with E-state index in [4.69, 9.17) is 0 Å². The Morgan fingerprint density at radius 2 is 0.672 bits per heavy atom. The Labute approximate surface area is 356 Å². The Morgan fingerprint density at radius 3 is 1.30 bits per heavy atom. The first-order chi connectivity index (χ1) is 30.3. The highest BCUT2D eigenvalue weighted by atomic mass is 15.2. The first-order valence-corrected chi connectivity index (χ1v) is 21.1. The molecule has 2 aliphatic rings. The van der Waals surface area contributed by atoms with E-state index in [1.807, 2.05) is 0 Å². The van der Waals surface area contributed by atoms with Gasteiger partial charge in [-0.1, -0.05) is 170 Å². The number of rotatable bonds is 7. The molecular weight excluding hydrogens is 737 g/mol. The average molecular weight is 777 g/mol. The van der Waals surface area contributed by atoms with Gasteiger partial charge in [-0.15, -0.1) is 0 Å². The van der Waals surface area contributed by atoms with Gasteiger partial charge in [-0.3, -0.25) is 0 Å². The van der Waals surface area contributed by atoms with Gasteiger partial charge in [0.2, 0.25) is 0 Å². The van der Waals surface area contributed by atoms with Gasteiger partial charge in [-0.2, -0.15) is 0 Å². The molecular formula is C59H40N2. The third kappa shape index (κ3) is 5.43. The van der Waals surface area contributed by atoms with E-state index in [-0.39, 0.29) is 0 Å². The summed E-state index contributed by atoms with van der Waals surface area (Å²) in [5.41, 5.74) is 19.1. The minimum Gasteiger partial charge on any atom is -0.311 e. The van der Waals surface area contributed by atoms with Gasteiger partial charge in [0.05, 0.1) is 5.41 Å². The minimum atomic E-state index is -0.493. The zero-order valence-electron chi connectivity index (χ0n) is 33.5. The molecule has 0 aliphatic heterocycles. The lowest BCUT2D eigenvalue weighted by Gasteiger charge is -2.33. The first kappa shape index (κ1) is 35.0. The molecule has 10 aromatic rings. The van der Waals surface area contributed by atoms with Crippen molar-refractivity contribution >= 4 is 44.9 Å². The smallest absolute Gasteiger partial charge is 0.0732 e. The van der Waals surface area contributed by atoms with E-state index in [0.29, 0.717) is 0 Å². The summed E-state index contributed by atoms with van der Waals surface area (Å²) >= 11 is 0. The molecule has 0 fully saturated rings. The maximum absolute atomic E-state index is 2.49. The summed E-state index contributed by atoms with van der Waals surface area (Å²) in [6, 6.07) is 88.9. The topological polar surface area (TPSA) is 6.48 Å². The van der Waals surface area contributed by atoms with Crippen molar-refractivity contribution in [2.45, 2.75) is 5.41 Å². The third-order valence-electron chi connectivity index (χ3n) is 12.8. The van der Waals surface area contributed by atoms with Crippen LogP contribution in [0.1, 0.15) is 22.3 Å². The van der Waals surface area contributed by atoms with E-state index in [9.17, 15) is 0 Å². The zero-order chi connectivity index (χ0) is 40.3. The largest absolute Gasteiger partial charge is 0.311 e. The summed E-state index contributed by atoms with van der Waals surface area (Å²) < 4.78 is 0. The third-order valence-corrected chi connectivity index (χ3v) is 12.8. The molecule has 2 nitrogen and oxygen atoms in total. The Balaban J connectivity index is 1.07. The van der Waals surface area contributed by atoms with Crippen LogP contribution >= 0.6 is 0 Å². The molecule has 1 spiro atoms. The SMILES string of the molecule is c1ccc(-c2ccc(N(c3ccc(N(c4ccccc4)c4ccccc4)cc3)c3ccc4c(c3)C3(c5ccccc5-4)c4ccccc4-c4ccc5ccccc5c43)cc2)cc1. The molecule has 1 atom stereocenters. The summed E-state index contributed by atoms with van der Waals surface area (Å²) in [5.74, 6) is 0. The number of nitrogens with zero attached hydrogens (tertiary/aromatic N) is 2. The maximum Gasteiger partial charge on any atom is 0.0732 e. The number of benzene rings is 10. The van der Waals surface area contributed by atoms with Crippen molar-refractivity contribution in [3.05, 3.63) is 265 Å². The quantitative estimate of drug-likeness (QED) is 0.159. The highest BCUT2D eigenvalue weighted by Gasteiger charge is 2.52. The van der Waals surface area contributed by atoms with Crippen molar-refractivity contribution < 1.29 is 0 Å². The molecule has 0 saturated carbocycles. The lowest BCUT2D eigenvalue weighted by molar-refractivity contribution is 0.801. The van der Waals surface area contributed by atoms with Crippen molar-refractivity contribution in [1.82, 2.24) is 0 Å². The van der Waals surface area contributed by atoms with Crippen LogP contribution in [0.4, 0.5) is 34.1 Å². The van der Waals surface area contributed by atoms with E-state index >= 15 is 0 Å². The molecule has 2 aliphatic carbocycles. The normalized spacial score (nSPS) is 14.3. The van der Waals surface area contributed by atoms with Crippen LogP contribution in [0.25, 0.3) is 44.2 Å². The highest BCUT2D eigenvalue weighted by molar-refractivity contribution is 6.04. The summed E-state index contributed by atoms with van der Waals surface area (Å²) in [7, 11) is 0. The fourth-order valence-corrected chi connectivity index (χ4v) is 10.3. The summed E-state index contributed by atoms with van der Waals surface area (Å²) in [6.07, 6.45) is 0. The van der Waals surface area contributed by atoms with Crippen molar-refractivity contribution in [2.75, 3.05) is 9.80 Å². The Kier molecular flexibility index (Phi) is 8.11. The molecule has 0 amide bonds. The Morgan fingerprint density at radius 1 is 0.262 bits per heavy atom. The van der Waals surface area contributed by atoms with Gasteiger partial charge < -0.3 is 9.80 Å². The molecule has 0 saturated heterocycles. The molecule has 0 radical (unpaired) electrons. The predicted molar refractivity (Wildman–Crippen MR) is 255 cm³/mol. The second-order valence-electron chi connectivity index (χ2n) is 16.1. The molecule has 0 heterocycles. The molecule has 0 bridgehead atoms. The molecule has 0 aromatic heterocycles. The second kappa shape index (κ2) is 14.1. The van der Waals surface area contributed by atoms with Gasteiger partial charge in [0.15, 0.2) is 0 Å². The van der Waals surface area contributed by atoms with Crippen LogP contribution in [0.5, 0.6) is 0 Å². The van der Waals surface area contributed by atoms with Gasteiger partial charge in [0.1, 0.15) is 0 Å². The zero-order valence-corrected chi connectivity index (χ0v) is 33.5. The Hall–Kier alpha value is -7.94. The van der Waals surface area contributed by atoms with Gasteiger partial charge in [-0.05, 0) is 139 Å². The summed E-state index contributed by atoms with van der Waals surface area (Å²) in [5, 5.41) is 2.56. The number of hydrogen-bond acceptors (Lipinski definition) is 2. The van der Waals surface area contributed by atoms with E-state index in [0.717, 1.165) is 34.1 Å². The van der Waals surface area contributed by atoms with Crippen molar-refractivity contribution in [2.24, 2.45) is 0 Å². The lowest BCUT2D eigenvalue weighted by Crippen LogP contribution is -2.26. The number of para-hydroxylation sites is 2. The van der Waals surface area contributed by atoms with Crippen molar-refractivity contribution in [3.8, 4) is 33.4 Å². The predicted octanol–water partition coefficient (Wildman–Crippen LogP) is 15.8. The van der Waals surface area contributed by atoms with E-state index in [1.54, 1.807) is 0 Å².